The fraction of sp³-hybridized carbons (Fsp3) is 0.100. The van der Waals surface area contributed by atoms with Gasteiger partial charge in [-0.1, -0.05) is 35.9 Å². The predicted molar refractivity (Wildman–Crippen MR) is 114 cm³/mol. The van der Waals surface area contributed by atoms with E-state index >= 15 is 0 Å². The van der Waals surface area contributed by atoms with Gasteiger partial charge in [0.1, 0.15) is 15.6 Å². The van der Waals surface area contributed by atoms with Crippen LogP contribution in [0.25, 0.3) is 22.0 Å². The van der Waals surface area contributed by atoms with E-state index in [0.29, 0.717) is 27.2 Å². The van der Waals surface area contributed by atoms with Crippen molar-refractivity contribution < 1.29 is 9.53 Å². The van der Waals surface area contributed by atoms with Crippen LogP contribution in [0.4, 0.5) is 5.95 Å². The predicted octanol–water partition coefficient (Wildman–Crippen LogP) is 4.82. The van der Waals surface area contributed by atoms with Crippen LogP contribution in [0.3, 0.4) is 0 Å². The van der Waals surface area contributed by atoms with Gasteiger partial charge in [0, 0.05) is 10.6 Å². The molecule has 146 valence electrons. The number of rotatable bonds is 5. The standard InChI is InChI=1S/C20H16ClN5O2S/c1-11-16(29-19(22-11)12-7-9-13(21)10-8-12)18(27)24-20-23-17(25-26-20)14-5-3-4-6-15(14)28-2/h3-10H,1-2H3,(H2,23,24,25,26,27). The van der Waals surface area contributed by atoms with Crippen LogP contribution in [0.1, 0.15) is 15.4 Å². The van der Waals surface area contributed by atoms with Crippen LogP contribution in [0, 0.1) is 6.92 Å². The molecule has 29 heavy (non-hydrogen) atoms. The van der Waals surface area contributed by atoms with Gasteiger partial charge < -0.3 is 4.74 Å². The molecule has 4 aromatic rings. The monoisotopic (exact) mass is 425 g/mol. The molecule has 0 fully saturated rings. The average molecular weight is 426 g/mol. The summed E-state index contributed by atoms with van der Waals surface area (Å²) in [5, 5.41) is 11.0. The summed E-state index contributed by atoms with van der Waals surface area (Å²) in [5.41, 5.74) is 2.29. The minimum absolute atomic E-state index is 0.178. The number of benzene rings is 2. The van der Waals surface area contributed by atoms with Gasteiger partial charge in [-0.3, -0.25) is 15.2 Å². The van der Waals surface area contributed by atoms with Crippen LogP contribution in [0.15, 0.2) is 48.5 Å². The number of thiazole rings is 1. The van der Waals surface area contributed by atoms with E-state index in [1.165, 1.54) is 11.3 Å². The van der Waals surface area contributed by atoms with Crippen molar-refractivity contribution in [3.63, 3.8) is 0 Å². The van der Waals surface area contributed by atoms with Crippen LogP contribution in [0.5, 0.6) is 5.75 Å². The first-order valence-corrected chi connectivity index (χ1v) is 9.85. The van der Waals surface area contributed by atoms with Gasteiger partial charge in [-0.05, 0) is 31.2 Å². The highest BCUT2D eigenvalue weighted by atomic mass is 35.5. The molecular weight excluding hydrogens is 410 g/mol. The normalized spacial score (nSPS) is 10.7. The summed E-state index contributed by atoms with van der Waals surface area (Å²) < 4.78 is 5.34. The van der Waals surface area contributed by atoms with Gasteiger partial charge in [-0.2, -0.15) is 4.98 Å². The number of anilines is 1. The molecule has 2 heterocycles. The summed E-state index contributed by atoms with van der Waals surface area (Å²) >= 11 is 7.24. The number of hydrogen-bond donors (Lipinski definition) is 2. The van der Waals surface area contributed by atoms with Crippen LogP contribution in [-0.4, -0.2) is 33.2 Å². The van der Waals surface area contributed by atoms with E-state index in [1.54, 1.807) is 26.2 Å². The van der Waals surface area contributed by atoms with Crippen LogP contribution in [-0.2, 0) is 0 Å². The maximum absolute atomic E-state index is 12.7. The lowest BCUT2D eigenvalue weighted by atomic mass is 10.2. The molecule has 0 radical (unpaired) electrons. The van der Waals surface area contributed by atoms with Gasteiger partial charge in [0.05, 0.1) is 18.4 Å². The van der Waals surface area contributed by atoms with E-state index in [0.717, 1.165) is 16.1 Å². The van der Waals surface area contributed by atoms with Gasteiger partial charge in [-0.15, -0.1) is 16.4 Å². The largest absolute Gasteiger partial charge is 0.496 e. The van der Waals surface area contributed by atoms with Crippen LogP contribution in [0.2, 0.25) is 5.02 Å². The van der Waals surface area contributed by atoms with E-state index in [4.69, 9.17) is 16.3 Å². The molecule has 2 aromatic heterocycles. The van der Waals surface area contributed by atoms with Crippen molar-refractivity contribution >= 4 is 34.8 Å². The first-order chi connectivity index (χ1) is 14.0. The molecule has 0 bridgehead atoms. The number of halogens is 1. The van der Waals surface area contributed by atoms with Crippen LogP contribution >= 0.6 is 22.9 Å². The zero-order valence-corrected chi connectivity index (χ0v) is 17.1. The summed E-state index contributed by atoms with van der Waals surface area (Å²) in [6.07, 6.45) is 0. The second-order valence-corrected chi connectivity index (χ2v) is 7.54. The topological polar surface area (TPSA) is 92.8 Å². The summed E-state index contributed by atoms with van der Waals surface area (Å²) in [7, 11) is 1.59. The number of ether oxygens (including phenoxy) is 1. The van der Waals surface area contributed by atoms with E-state index in [-0.39, 0.29) is 11.9 Å². The maximum Gasteiger partial charge on any atom is 0.270 e. The Morgan fingerprint density at radius 2 is 1.90 bits per heavy atom. The summed E-state index contributed by atoms with van der Waals surface area (Å²) in [6.45, 7) is 1.79. The maximum atomic E-state index is 12.7. The van der Waals surface area contributed by atoms with Crippen molar-refractivity contribution in [1.82, 2.24) is 20.2 Å². The Kier molecular flexibility index (Phi) is 5.28. The third-order valence-corrected chi connectivity index (χ3v) is 5.62. The molecule has 7 nitrogen and oxygen atoms in total. The van der Waals surface area contributed by atoms with Crippen LogP contribution < -0.4 is 10.1 Å². The van der Waals surface area contributed by atoms with Crippen molar-refractivity contribution in [2.45, 2.75) is 6.92 Å². The third kappa shape index (κ3) is 3.98. The van der Waals surface area contributed by atoms with E-state index in [9.17, 15) is 4.79 Å². The fourth-order valence-electron chi connectivity index (χ4n) is 2.76. The lowest BCUT2D eigenvalue weighted by molar-refractivity contribution is 0.102. The molecule has 0 aliphatic rings. The number of nitrogens with zero attached hydrogens (tertiary/aromatic N) is 3. The van der Waals surface area contributed by atoms with Crippen molar-refractivity contribution in [2.24, 2.45) is 0 Å². The minimum Gasteiger partial charge on any atom is -0.496 e. The Morgan fingerprint density at radius 3 is 2.66 bits per heavy atom. The second kappa shape index (κ2) is 8.02. The summed E-state index contributed by atoms with van der Waals surface area (Å²) in [5.74, 6) is 1.02. The number of carbonyl (C=O) groups is 1. The molecule has 2 aromatic carbocycles. The first kappa shape index (κ1) is 19.1. The van der Waals surface area contributed by atoms with Gasteiger partial charge >= 0.3 is 0 Å². The smallest absolute Gasteiger partial charge is 0.270 e. The lowest BCUT2D eigenvalue weighted by Gasteiger charge is -2.04. The van der Waals surface area contributed by atoms with Gasteiger partial charge in [-0.25, -0.2) is 4.98 Å². The molecule has 1 amide bonds. The van der Waals surface area contributed by atoms with Gasteiger partial charge in [0.25, 0.3) is 5.91 Å². The number of aromatic nitrogens is 4. The van der Waals surface area contributed by atoms with Crippen molar-refractivity contribution in [3.05, 3.63) is 64.1 Å². The molecule has 0 saturated heterocycles. The summed E-state index contributed by atoms with van der Waals surface area (Å²) in [4.78, 5) is 22.1. The number of amides is 1. The van der Waals surface area contributed by atoms with Crippen molar-refractivity contribution in [3.8, 4) is 27.7 Å². The highest BCUT2D eigenvalue weighted by molar-refractivity contribution is 7.17. The molecule has 0 aliphatic carbocycles. The Labute approximate surface area is 175 Å². The SMILES string of the molecule is COc1ccccc1-c1nc(NC(=O)c2sc(-c3ccc(Cl)cc3)nc2C)n[nH]1. The Morgan fingerprint density at radius 1 is 1.14 bits per heavy atom. The highest BCUT2D eigenvalue weighted by Gasteiger charge is 2.18. The second-order valence-electron chi connectivity index (χ2n) is 6.10. The van der Waals surface area contributed by atoms with E-state index < -0.39 is 0 Å². The first-order valence-electron chi connectivity index (χ1n) is 8.65. The van der Waals surface area contributed by atoms with Crippen molar-refractivity contribution in [2.75, 3.05) is 12.4 Å². The number of hydrogen-bond acceptors (Lipinski definition) is 6. The zero-order valence-electron chi connectivity index (χ0n) is 15.6. The van der Waals surface area contributed by atoms with Gasteiger partial charge in [0.2, 0.25) is 5.95 Å². The number of aromatic amines is 1. The highest BCUT2D eigenvalue weighted by Crippen LogP contribution is 2.30. The lowest BCUT2D eigenvalue weighted by Crippen LogP contribution is -2.12. The molecule has 0 unspecified atom stereocenters. The number of H-pyrrole nitrogens is 1. The number of nitrogens with one attached hydrogen (secondary N) is 2. The molecule has 0 atom stereocenters. The van der Waals surface area contributed by atoms with Gasteiger partial charge in [0.15, 0.2) is 5.82 Å². The van der Waals surface area contributed by atoms with E-state index in [2.05, 4.69) is 25.5 Å². The minimum atomic E-state index is -0.314. The molecule has 0 saturated carbocycles. The zero-order chi connectivity index (χ0) is 20.4. The fourth-order valence-corrected chi connectivity index (χ4v) is 3.85. The molecule has 9 heteroatoms. The van der Waals surface area contributed by atoms with Crippen molar-refractivity contribution in [1.29, 1.82) is 0 Å². The number of aryl methyl sites for hydroxylation is 1. The molecule has 0 aliphatic heterocycles. The van der Waals surface area contributed by atoms with E-state index in [1.807, 2.05) is 36.4 Å². The Balaban J connectivity index is 1.55. The molecular formula is C20H16ClN5O2S. The third-order valence-electron chi connectivity index (χ3n) is 4.17. The number of methoxy groups -OCH3 is 1. The molecule has 0 spiro atoms. The average Bonchev–Trinajstić information content (AvgIpc) is 3.35. The molecule has 4 rings (SSSR count). The number of carbonyl (C=O) groups excluding carboxylic acids is 1. The quantitative estimate of drug-likeness (QED) is 0.478. The summed E-state index contributed by atoms with van der Waals surface area (Å²) in [6, 6.07) is 14.8. The number of para-hydroxylation sites is 1. The molecule has 2 N–H and O–H groups in total. The Hall–Kier alpha value is -3.23. The Bertz CT molecular complexity index is 1170.